The van der Waals surface area contributed by atoms with Gasteiger partial charge >= 0.3 is 5.97 Å². The molecule has 7 heteroatoms. The summed E-state index contributed by atoms with van der Waals surface area (Å²) in [4.78, 5) is 17.2. The molecule has 0 saturated carbocycles. The van der Waals surface area contributed by atoms with Gasteiger partial charge in [-0.3, -0.25) is 0 Å². The fourth-order valence-corrected chi connectivity index (χ4v) is 2.17. The Hall–Kier alpha value is -2.96. The van der Waals surface area contributed by atoms with Gasteiger partial charge in [-0.15, -0.1) is 0 Å². The van der Waals surface area contributed by atoms with Gasteiger partial charge in [-0.05, 0) is 18.2 Å². The van der Waals surface area contributed by atoms with Gasteiger partial charge in [0.25, 0.3) is 0 Å². The summed E-state index contributed by atoms with van der Waals surface area (Å²) in [5.41, 5.74) is 5.59. The van der Waals surface area contributed by atoms with E-state index in [0.29, 0.717) is 0 Å². The van der Waals surface area contributed by atoms with E-state index in [-0.39, 0.29) is 33.5 Å². The number of hydrogen-bond acceptors (Lipinski definition) is 3. The van der Waals surface area contributed by atoms with E-state index in [2.05, 4.69) is 9.97 Å². The number of carboxylic acids is 1. The van der Waals surface area contributed by atoms with Gasteiger partial charge in [-0.2, -0.15) is 0 Å². The highest BCUT2D eigenvalue weighted by Gasteiger charge is 2.18. The first-order valence-corrected chi connectivity index (χ1v) is 5.94. The molecular weight excluding hydrogens is 280 g/mol. The molecule has 0 atom stereocenters. The summed E-state index contributed by atoms with van der Waals surface area (Å²) in [6, 6.07) is 5.43. The van der Waals surface area contributed by atoms with Gasteiger partial charge in [0.1, 0.15) is 5.69 Å². The van der Waals surface area contributed by atoms with Gasteiger partial charge < -0.3 is 15.8 Å². The first-order chi connectivity index (χ1) is 9.99. The smallest absolute Gasteiger partial charge is 0.354 e. The minimum atomic E-state index is -1.22. The third-order valence-corrected chi connectivity index (χ3v) is 3.12. The molecule has 0 amide bonds. The van der Waals surface area contributed by atoms with Gasteiger partial charge in [-0.25, -0.2) is 18.6 Å². The highest BCUT2D eigenvalue weighted by Crippen LogP contribution is 2.33. The SMILES string of the molecule is Nc1cc(-c2cccc(C(=O)O)n2)c(F)c2[nH]cc(F)c12. The number of rotatable bonds is 2. The lowest BCUT2D eigenvalue weighted by Crippen LogP contribution is -2.02. The molecule has 106 valence electrons. The molecule has 0 bridgehead atoms. The van der Waals surface area contributed by atoms with Crippen LogP contribution in [-0.4, -0.2) is 21.0 Å². The number of nitrogens with zero attached hydrogens (tertiary/aromatic N) is 1. The molecule has 21 heavy (non-hydrogen) atoms. The third kappa shape index (κ3) is 1.99. The molecule has 0 aliphatic rings. The van der Waals surface area contributed by atoms with Gasteiger partial charge in [0.05, 0.1) is 16.6 Å². The fraction of sp³-hybridized carbons (Fsp3) is 0. The second-order valence-corrected chi connectivity index (χ2v) is 4.43. The number of carbonyl (C=O) groups is 1. The average Bonchev–Trinajstić information content (AvgIpc) is 2.86. The van der Waals surface area contributed by atoms with Gasteiger partial charge in [0.15, 0.2) is 11.6 Å². The zero-order valence-corrected chi connectivity index (χ0v) is 10.5. The number of carboxylic acid groups (broad SMARTS) is 1. The van der Waals surface area contributed by atoms with Crippen molar-refractivity contribution in [3.05, 3.63) is 47.8 Å². The molecule has 0 aliphatic carbocycles. The van der Waals surface area contributed by atoms with Crippen molar-refractivity contribution in [2.24, 2.45) is 0 Å². The van der Waals surface area contributed by atoms with Crippen LogP contribution in [0.3, 0.4) is 0 Å². The minimum Gasteiger partial charge on any atom is -0.477 e. The predicted octanol–water partition coefficient (Wildman–Crippen LogP) is 2.79. The van der Waals surface area contributed by atoms with E-state index in [0.717, 1.165) is 6.20 Å². The molecule has 5 nitrogen and oxygen atoms in total. The first-order valence-electron chi connectivity index (χ1n) is 5.94. The molecule has 3 aromatic rings. The van der Waals surface area contributed by atoms with Gasteiger partial charge in [-0.1, -0.05) is 6.07 Å². The molecule has 0 unspecified atom stereocenters. The van der Waals surface area contributed by atoms with Crippen molar-refractivity contribution in [1.29, 1.82) is 0 Å². The van der Waals surface area contributed by atoms with Crippen molar-refractivity contribution in [2.75, 3.05) is 5.73 Å². The highest BCUT2D eigenvalue weighted by atomic mass is 19.1. The monoisotopic (exact) mass is 289 g/mol. The van der Waals surface area contributed by atoms with E-state index in [1.54, 1.807) is 0 Å². The van der Waals surface area contributed by atoms with Crippen LogP contribution in [0.1, 0.15) is 10.5 Å². The van der Waals surface area contributed by atoms with Crippen LogP contribution in [0.25, 0.3) is 22.2 Å². The summed E-state index contributed by atoms with van der Waals surface area (Å²) in [5.74, 6) is -2.62. The van der Waals surface area contributed by atoms with Crippen molar-refractivity contribution < 1.29 is 18.7 Å². The summed E-state index contributed by atoms with van der Waals surface area (Å²) in [7, 11) is 0. The van der Waals surface area contributed by atoms with Crippen molar-refractivity contribution in [1.82, 2.24) is 9.97 Å². The molecule has 4 N–H and O–H groups in total. The number of aromatic nitrogens is 2. The maximum atomic E-state index is 14.4. The van der Waals surface area contributed by atoms with Crippen LogP contribution in [0.15, 0.2) is 30.5 Å². The van der Waals surface area contributed by atoms with Gasteiger partial charge in [0.2, 0.25) is 0 Å². The van der Waals surface area contributed by atoms with E-state index in [9.17, 15) is 13.6 Å². The summed E-state index contributed by atoms with van der Waals surface area (Å²) in [6.07, 6.45) is 1.01. The molecule has 3 rings (SSSR count). The third-order valence-electron chi connectivity index (χ3n) is 3.12. The second kappa shape index (κ2) is 4.55. The molecule has 1 aromatic carbocycles. The van der Waals surface area contributed by atoms with Crippen LogP contribution in [0.5, 0.6) is 0 Å². The van der Waals surface area contributed by atoms with Crippen molar-refractivity contribution in [3.63, 3.8) is 0 Å². The van der Waals surface area contributed by atoms with E-state index >= 15 is 0 Å². The molecule has 0 saturated heterocycles. The number of aromatic carboxylic acids is 1. The Labute approximate surface area is 117 Å². The predicted molar refractivity (Wildman–Crippen MR) is 72.8 cm³/mol. The maximum absolute atomic E-state index is 14.4. The number of benzene rings is 1. The van der Waals surface area contributed by atoms with Gasteiger partial charge in [0, 0.05) is 17.4 Å². The Balaban J connectivity index is 2.28. The lowest BCUT2D eigenvalue weighted by molar-refractivity contribution is 0.0690. The van der Waals surface area contributed by atoms with Crippen molar-refractivity contribution >= 4 is 22.6 Å². The average molecular weight is 289 g/mol. The van der Waals surface area contributed by atoms with Crippen LogP contribution in [0.2, 0.25) is 0 Å². The van der Waals surface area contributed by atoms with Crippen molar-refractivity contribution in [2.45, 2.75) is 0 Å². The number of anilines is 1. The fourth-order valence-electron chi connectivity index (χ4n) is 2.17. The number of hydrogen-bond donors (Lipinski definition) is 3. The Morgan fingerprint density at radius 2 is 2.10 bits per heavy atom. The lowest BCUT2D eigenvalue weighted by Gasteiger charge is -2.07. The lowest BCUT2D eigenvalue weighted by atomic mass is 10.1. The van der Waals surface area contributed by atoms with Crippen LogP contribution < -0.4 is 5.73 Å². The Morgan fingerprint density at radius 3 is 2.81 bits per heavy atom. The van der Waals surface area contributed by atoms with E-state index in [1.165, 1.54) is 24.3 Å². The highest BCUT2D eigenvalue weighted by molar-refractivity contribution is 5.96. The largest absolute Gasteiger partial charge is 0.477 e. The number of nitrogen functional groups attached to an aromatic ring is 1. The van der Waals surface area contributed by atoms with Crippen LogP contribution in [-0.2, 0) is 0 Å². The topological polar surface area (TPSA) is 92.0 Å². The Bertz CT molecular complexity index is 874. The molecule has 2 heterocycles. The van der Waals surface area contributed by atoms with Crippen molar-refractivity contribution in [3.8, 4) is 11.3 Å². The molecule has 0 radical (unpaired) electrons. The minimum absolute atomic E-state index is 0.00458. The number of aromatic amines is 1. The normalized spacial score (nSPS) is 11.0. The second-order valence-electron chi connectivity index (χ2n) is 4.43. The number of nitrogens with two attached hydrogens (primary N) is 1. The number of H-pyrrole nitrogens is 1. The maximum Gasteiger partial charge on any atom is 0.354 e. The molecule has 0 aliphatic heterocycles. The van der Waals surface area contributed by atoms with E-state index in [4.69, 9.17) is 10.8 Å². The Kier molecular flexibility index (Phi) is 2.83. The number of pyridine rings is 1. The number of halogens is 2. The quantitative estimate of drug-likeness (QED) is 0.632. The van der Waals surface area contributed by atoms with Crippen LogP contribution >= 0.6 is 0 Å². The van der Waals surface area contributed by atoms with E-state index < -0.39 is 17.6 Å². The summed E-state index contributed by atoms with van der Waals surface area (Å²) >= 11 is 0. The molecular formula is C14H9F2N3O2. The van der Waals surface area contributed by atoms with Crippen LogP contribution in [0.4, 0.5) is 14.5 Å². The molecule has 0 fully saturated rings. The molecule has 2 aromatic heterocycles. The zero-order valence-electron chi connectivity index (χ0n) is 10.5. The zero-order chi connectivity index (χ0) is 15.1. The number of nitrogens with one attached hydrogen (secondary N) is 1. The standard InChI is InChI=1S/C14H9F2N3O2/c15-7-5-18-13-11(7)8(17)4-6(12(13)16)9-2-1-3-10(19-9)14(20)21/h1-5,18H,17H2,(H,20,21). The van der Waals surface area contributed by atoms with Crippen LogP contribution in [0, 0.1) is 11.6 Å². The summed E-state index contributed by atoms with van der Waals surface area (Å²) < 4.78 is 28.0. The summed E-state index contributed by atoms with van der Waals surface area (Å²) in [6.45, 7) is 0. The Morgan fingerprint density at radius 1 is 1.33 bits per heavy atom. The first kappa shape index (κ1) is 13.0. The number of fused-ring (bicyclic) bond motifs is 1. The summed E-state index contributed by atoms with van der Waals surface area (Å²) in [5, 5.41) is 8.88. The van der Waals surface area contributed by atoms with E-state index in [1.807, 2.05) is 0 Å². The molecule has 0 spiro atoms.